The Bertz CT molecular complexity index is 618. The van der Waals surface area contributed by atoms with Gasteiger partial charge in [-0.15, -0.1) is 0 Å². The molecule has 0 spiro atoms. The van der Waals surface area contributed by atoms with Crippen molar-refractivity contribution in [3.63, 3.8) is 0 Å². The lowest BCUT2D eigenvalue weighted by Crippen LogP contribution is -2.61. The van der Waals surface area contributed by atoms with Gasteiger partial charge in [-0.2, -0.15) is 5.26 Å². The standard InChI is InChI=1S/C15H16N2O5/c1-3-22-14(21)15(13(19)20,17-10(2)18)8-11-4-6-12(9-16)7-5-11/h4-7H,3,8H2,1-2H3,(H,17,18)(H,19,20). The number of amides is 1. The number of benzene rings is 1. The fraction of sp³-hybridized carbons (Fsp3) is 0.333. The van der Waals surface area contributed by atoms with Gasteiger partial charge in [-0.1, -0.05) is 12.1 Å². The molecule has 7 nitrogen and oxygen atoms in total. The summed E-state index contributed by atoms with van der Waals surface area (Å²) >= 11 is 0. The Morgan fingerprint density at radius 3 is 2.32 bits per heavy atom. The molecule has 1 aromatic carbocycles. The van der Waals surface area contributed by atoms with Gasteiger partial charge in [0, 0.05) is 13.3 Å². The molecule has 1 rings (SSSR count). The predicted molar refractivity (Wildman–Crippen MR) is 75.7 cm³/mol. The van der Waals surface area contributed by atoms with Gasteiger partial charge in [0.15, 0.2) is 0 Å². The van der Waals surface area contributed by atoms with Crippen LogP contribution in [0.5, 0.6) is 0 Å². The summed E-state index contributed by atoms with van der Waals surface area (Å²) in [5.41, 5.74) is -1.32. The maximum atomic E-state index is 12.1. The summed E-state index contributed by atoms with van der Waals surface area (Å²) in [6.07, 6.45) is -0.285. The highest BCUT2D eigenvalue weighted by atomic mass is 16.5. The van der Waals surface area contributed by atoms with Crippen LogP contribution >= 0.6 is 0 Å². The van der Waals surface area contributed by atoms with Crippen molar-refractivity contribution in [2.24, 2.45) is 0 Å². The molecule has 0 fully saturated rings. The van der Waals surface area contributed by atoms with E-state index in [-0.39, 0.29) is 13.0 Å². The Kier molecular flexibility index (Phi) is 5.64. The van der Waals surface area contributed by atoms with Crippen molar-refractivity contribution in [2.75, 3.05) is 6.61 Å². The number of carbonyl (C=O) groups excluding carboxylic acids is 2. The van der Waals surface area contributed by atoms with Crippen LogP contribution in [0, 0.1) is 11.3 Å². The minimum Gasteiger partial charge on any atom is -0.479 e. The third kappa shape index (κ3) is 3.82. The number of aliphatic carboxylic acids is 1. The largest absolute Gasteiger partial charge is 0.479 e. The molecule has 1 unspecified atom stereocenters. The third-order valence-electron chi connectivity index (χ3n) is 2.93. The number of nitrogens with zero attached hydrogens (tertiary/aromatic N) is 1. The average molecular weight is 304 g/mol. The van der Waals surface area contributed by atoms with Gasteiger partial charge in [0.25, 0.3) is 0 Å². The van der Waals surface area contributed by atoms with Crippen molar-refractivity contribution in [1.82, 2.24) is 5.32 Å². The quantitative estimate of drug-likeness (QED) is 0.588. The van der Waals surface area contributed by atoms with E-state index in [0.717, 1.165) is 6.92 Å². The SMILES string of the molecule is CCOC(=O)C(Cc1ccc(C#N)cc1)(NC(C)=O)C(=O)O. The molecule has 0 aliphatic heterocycles. The molecule has 116 valence electrons. The molecule has 7 heteroatoms. The number of nitriles is 1. The number of carbonyl (C=O) groups is 3. The molecular formula is C15H16N2O5. The number of hydrogen-bond acceptors (Lipinski definition) is 5. The van der Waals surface area contributed by atoms with E-state index in [9.17, 15) is 19.5 Å². The predicted octanol–water partition coefficient (Wildman–Crippen LogP) is 0.623. The second-order valence-electron chi connectivity index (χ2n) is 4.60. The monoisotopic (exact) mass is 304 g/mol. The van der Waals surface area contributed by atoms with Crippen LogP contribution in [-0.4, -0.2) is 35.1 Å². The smallest absolute Gasteiger partial charge is 0.344 e. The van der Waals surface area contributed by atoms with Crippen LogP contribution in [0.1, 0.15) is 25.0 Å². The Balaban J connectivity index is 3.22. The highest BCUT2D eigenvalue weighted by Gasteiger charge is 2.48. The Hall–Kier alpha value is -2.88. The zero-order valence-corrected chi connectivity index (χ0v) is 12.3. The molecule has 0 aliphatic carbocycles. The van der Waals surface area contributed by atoms with Crippen LogP contribution in [0.2, 0.25) is 0 Å². The Morgan fingerprint density at radius 2 is 1.91 bits per heavy atom. The lowest BCUT2D eigenvalue weighted by atomic mass is 9.90. The fourth-order valence-corrected chi connectivity index (χ4v) is 1.94. The lowest BCUT2D eigenvalue weighted by Gasteiger charge is -2.27. The van der Waals surface area contributed by atoms with Gasteiger partial charge in [-0.3, -0.25) is 4.79 Å². The molecule has 1 atom stereocenters. The van der Waals surface area contributed by atoms with Crippen LogP contribution in [0.25, 0.3) is 0 Å². The minimum absolute atomic E-state index is 0.0131. The maximum Gasteiger partial charge on any atom is 0.344 e. The van der Waals surface area contributed by atoms with Crippen molar-refractivity contribution in [3.8, 4) is 6.07 Å². The molecule has 0 bridgehead atoms. The summed E-state index contributed by atoms with van der Waals surface area (Å²) < 4.78 is 4.80. The number of hydrogen-bond donors (Lipinski definition) is 2. The van der Waals surface area contributed by atoms with E-state index in [1.807, 2.05) is 6.07 Å². The zero-order valence-electron chi connectivity index (χ0n) is 12.3. The normalized spacial score (nSPS) is 12.6. The molecule has 0 saturated heterocycles. The van der Waals surface area contributed by atoms with Gasteiger partial charge in [0.2, 0.25) is 11.4 Å². The molecule has 2 N–H and O–H groups in total. The van der Waals surface area contributed by atoms with E-state index in [1.165, 1.54) is 24.3 Å². The number of carboxylic acids is 1. The van der Waals surface area contributed by atoms with Crippen LogP contribution in [0.15, 0.2) is 24.3 Å². The Morgan fingerprint density at radius 1 is 1.32 bits per heavy atom. The molecule has 0 heterocycles. The summed E-state index contributed by atoms with van der Waals surface area (Å²) in [6.45, 7) is 2.65. The maximum absolute atomic E-state index is 12.1. The van der Waals surface area contributed by atoms with Crippen molar-refractivity contribution in [1.29, 1.82) is 5.26 Å². The Labute approximate surface area is 127 Å². The summed E-state index contributed by atoms with van der Waals surface area (Å²) in [5.74, 6) is -3.21. The van der Waals surface area contributed by atoms with Crippen molar-refractivity contribution >= 4 is 17.8 Å². The van der Waals surface area contributed by atoms with Gasteiger partial charge >= 0.3 is 11.9 Å². The summed E-state index contributed by atoms with van der Waals surface area (Å²) in [7, 11) is 0. The molecule has 1 amide bonds. The van der Waals surface area contributed by atoms with Crippen LogP contribution in [-0.2, 0) is 25.5 Å². The van der Waals surface area contributed by atoms with E-state index in [1.54, 1.807) is 6.92 Å². The van der Waals surface area contributed by atoms with Crippen LogP contribution in [0.4, 0.5) is 0 Å². The molecule has 0 radical (unpaired) electrons. The number of nitrogens with one attached hydrogen (secondary N) is 1. The molecule has 0 aliphatic rings. The summed E-state index contributed by atoms with van der Waals surface area (Å²) in [5, 5.41) is 20.4. The van der Waals surface area contributed by atoms with Gasteiger partial charge in [-0.05, 0) is 24.6 Å². The van der Waals surface area contributed by atoms with E-state index in [4.69, 9.17) is 10.00 Å². The van der Waals surface area contributed by atoms with Crippen LogP contribution in [0.3, 0.4) is 0 Å². The van der Waals surface area contributed by atoms with E-state index >= 15 is 0 Å². The second kappa shape index (κ2) is 7.22. The van der Waals surface area contributed by atoms with E-state index in [2.05, 4.69) is 5.32 Å². The number of ether oxygens (including phenoxy) is 1. The van der Waals surface area contributed by atoms with Crippen molar-refractivity contribution in [2.45, 2.75) is 25.8 Å². The van der Waals surface area contributed by atoms with E-state index < -0.39 is 23.4 Å². The molecular weight excluding hydrogens is 288 g/mol. The third-order valence-corrected chi connectivity index (χ3v) is 2.93. The molecule has 1 aromatic rings. The minimum atomic E-state index is -2.20. The zero-order chi connectivity index (χ0) is 16.8. The average Bonchev–Trinajstić information content (AvgIpc) is 2.46. The van der Waals surface area contributed by atoms with Crippen molar-refractivity contribution < 1.29 is 24.2 Å². The topological polar surface area (TPSA) is 116 Å². The van der Waals surface area contributed by atoms with Crippen LogP contribution < -0.4 is 5.32 Å². The molecule has 0 aromatic heterocycles. The lowest BCUT2D eigenvalue weighted by molar-refractivity contribution is -0.164. The van der Waals surface area contributed by atoms with Gasteiger partial charge in [0.05, 0.1) is 18.2 Å². The van der Waals surface area contributed by atoms with Gasteiger partial charge in [0.1, 0.15) is 0 Å². The second-order valence-corrected chi connectivity index (χ2v) is 4.60. The first-order valence-corrected chi connectivity index (χ1v) is 6.54. The highest BCUT2D eigenvalue weighted by Crippen LogP contribution is 2.18. The van der Waals surface area contributed by atoms with Gasteiger partial charge < -0.3 is 15.2 Å². The first-order chi connectivity index (χ1) is 10.4. The number of carboxylic acid groups (broad SMARTS) is 1. The summed E-state index contributed by atoms with van der Waals surface area (Å²) in [6, 6.07) is 7.99. The summed E-state index contributed by atoms with van der Waals surface area (Å²) in [4.78, 5) is 35.1. The number of esters is 1. The first kappa shape index (κ1) is 17.2. The molecule has 22 heavy (non-hydrogen) atoms. The van der Waals surface area contributed by atoms with Crippen molar-refractivity contribution in [3.05, 3.63) is 35.4 Å². The first-order valence-electron chi connectivity index (χ1n) is 6.54. The number of rotatable bonds is 6. The van der Waals surface area contributed by atoms with Gasteiger partial charge in [-0.25, -0.2) is 9.59 Å². The fourth-order valence-electron chi connectivity index (χ4n) is 1.94. The van der Waals surface area contributed by atoms with E-state index in [0.29, 0.717) is 11.1 Å². The highest BCUT2D eigenvalue weighted by molar-refractivity contribution is 6.07. The molecule has 0 saturated carbocycles.